The van der Waals surface area contributed by atoms with Crippen molar-refractivity contribution in [2.75, 3.05) is 19.1 Å². The highest BCUT2D eigenvalue weighted by Crippen LogP contribution is 2.46. The predicted molar refractivity (Wildman–Crippen MR) is 141 cm³/mol. The molecule has 9 nitrogen and oxygen atoms in total. The Balaban J connectivity index is 1.32. The normalized spacial score (nSPS) is 16.7. The van der Waals surface area contributed by atoms with E-state index in [9.17, 15) is 18.3 Å². The molecule has 4 aromatic rings. The van der Waals surface area contributed by atoms with Gasteiger partial charge in [-0.1, -0.05) is 24.3 Å². The van der Waals surface area contributed by atoms with Crippen LogP contribution in [0.15, 0.2) is 36.8 Å². The first-order valence-electron chi connectivity index (χ1n) is 13.0. The van der Waals surface area contributed by atoms with Crippen LogP contribution in [0, 0.1) is 0 Å². The highest BCUT2D eigenvalue weighted by molar-refractivity contribution is 5.69. The first-order chi connectivity index (χ1) is 19.1. The lowest BCUT2D eigenvalue weighted by Gasteiger charge is -2.23. The van der Waals surface area contributed by atoms with Gasteiger partial charge in [-0.2, -0.15) is 13.2 Å². The highest BCUT2D eigenvalue weighted by Gasteiger charge is 2.35. The second-order valence-corrected chi connectivity index (χ2v) is 10.3. The summed E-state index contributed by atoms with van der Waals surface area (Å²) in [6.07, 6.45) is 0.543. The van der Waals surface area contributed by atoms with Crippen LogP contribution in [-0.2, 0) is 26.2 Å². The number of methoxy groups -OCH3 is 1. The van der Waals surface area contributed by atoms with Crippen LogP contribution in [0.1, 0.15) is 59.5 Å². The van der Waals surface area contributed by atoms with Gasteiger partial charge in [-0.3, -0.25) is 0 Å². The molecule has 6 rings (SSSR count). The Morgan fingerprint density at radius 1 is 1.05 bits per heavy atom. The topological polar surface area (TPSA) is 102 Å². The molecule has 0 spiro atoms. The summed E-state index contributed by atoms with van der Waals surface area (Å²) < 4.78 is 46.3. The van der Waals surface area contributed by atoms with Gasteiger partial charge in [0, 0.05) is 43.9 Å². The summed E-state index contributed by atoms with van der Waals surface area (Å²) in [5.41, 5.74) is 3.60. The zero-order valence-corrected chi connectivity index (χ0v) is 22.3. The molecular weight excluding hydrogens is 523 g/mol. The summed E-state index contributed by atoms with van der Waals surface area (Å²) in [6.45, 7) is 0.478. The van der Waals surface area contributed by atoms with Crippen LogP contribution in [-0.4, -0.2) is 48.8 Å². The van der Waals surface area contributed by atoms with Crippen molar-refractivity contribution in [1.29, 1.82) is 0 Å². The second kappa shape index (κ2) is 9.84. The van der Waals surface area contributed by atoms with Crippen LogP contribution in [0.3, 0.4) is 0 Å². The van der Waals surface area contributed by atoms with Crippen molar-refractivity contribution in [1.82, 2.24) is 29.5 Å². The minimum atomic E-state index is -4.50. The number of rotatable bonds is 7. The number of hydrogen-bond donors (Lipinski definition) is 1. The Morgan fingerprint density at radius 3 is 2.45 bits per heavy atom. The monoisotopic (exact) mass is 551 g/mol. The fraction of sp³-hybridized carbons (Fsp3) is 0.393. The number of benzene rings is 1. The van der Waals surface area contributed by atoms with E-state index in [2.05, 4.69) is 15.0 Å². The molecule has 0 saturated heterocycles. The van der Waals surface area contributed by atoms with Crippen LogP contribution < -0.4 is 9.64 Å². The Labute approximate surface area is 228 Å². The molecule has 3 aromatic heterocycles. The van der Waals surface area contributed by atoms with Crippen molar-refractivity contribution in [2.45, 2.75) is 50.4 Å². The standard InChI is InChI=1S/C28H28F3N7O2/c1-37(12-15-4-6-17(7-5-15)25-34-20(13-38(25)2)28(29,30)31)26-18-10-11-19(39)23(18)35-24(36-26)21-22(16-8-9-16)32-14-33-27(21)40-3/h4-7,13-14,16,19,39H,8-12H2,1-3H3. The Hall–Kier alpha value is -4.06. The first-order valence-corrected chi connectivity index (χ1v) is 13.0. The molecule has 2 aliphatic carbocycles. The fourth-order valence-electron chi connectivity index (χ4n) is 5.24. The molecule has 1 atom stereocenters. The van der Waals surface area contributed by atoms with Gasteiger partial charge in [0.25, 0.3) is 0 Å². The third-order valence-electron chi connectivity index (χ3n) is 7.38. The molecule has 1 N–H and O–H groups in total. The van der Waals surface area contributed by atoms with Crippen molar-refractivity contribution in [3.05, 3.63) is 65.0 Å². The van der Waals surface area contributed by atoms with E-state index in [1.54, 1.807) is 26.3 Å². The van der Waals surface area contributed by atoms with Crippen molar-refractivity contribution >= 4 is 5.82 Å². The molecule has 2 aliphatic rings. The molecule has 3 heterocycles. The minimum absolute atomic E-state index is 0.241. The summed E-state index contributed by atoms with van der Waals surface area (Å²) in [5, 5.41) is 10.7. The molecule has 0 aliphatic heterocycles. The quantitative estimate of drug-likeness (QED) is 0.348. The molecule has 12 heteroatoms. The summed E-state index contributed by atoms with van der Waals surface area (Å²) in [6, 6.07) is 7.26. The molecule has 0 amide bonds. The van der Waals surface area contributed by atoms with E-state index in [-0.39, 0.29) is 5.82 Å². The molecular formula is C28H28F3N7O2. The lowest BCUT2D eigenvalue weighted by molar-refractivity contribution is -0.140. The maximum absolute atomic E-state index is 13.1. The van der Waals surface area contributed by atoms with E-state index in [0.717, 1.165) is 35.9 Å². The van der Waals surface area contributed by atoms with Crippen molar-refractivity contribution < 1.29 is 23.0 Å². The number of aromatic nitrogens is 6. The van der Waals surface area contributed by atoms with Gasteiger partial charge < -0.3 is 19.3 Å². The molecule has 40 heavy (non-hydrogen) atoms. The number of ether oxygens (including phenoxy) is 1. The number of halogens is 3. The van der Waals surface area contributed by atoms with Gasteiger partial charge in [0.1, 0.15) is 23.5 Å². The van der Waals surface area contributed by atoms with Crippen molar-refractivity contribution in [2.24, 2.45) is 7.05 Å². The van der Waals surface area contributed by atoms with Crippen molar-refractivity contribution in [3.63, 3.8) is 0 Å². The number of hydrogen-bond acceptors (Lipinski definition) is 8. The van der Waals surface area contributed by atoms with Gasteiger partial charge in [-0.15, -0.1) is 0 Å². The van der Waals surface area contributed by atoms with Gasteiger partial charge in [-0.05, 0) is 31.2 Å². The molecule has 0 radical (unpaired) electrons. The number of imidazole rings is 1. The van der Waals surface area contributed by atoms with E-state index in [4.69, 9.17) is 14.7 Å². The molecule has 1 saturated carbocycles. The predicted octanol–water partition coefficient (Wildman–Crippen LogP) is 4.85. The lowest BCUT2D eigenvalue weighted by atomic mass is 10.1. The van der Waals surface area contributed by atoms with Gasteiger partial charge in [-0.25, -0.2) is 24.9 Å². The minimum Gasteiger partial charge on any atom is -0.480 e. The lowest BCUT2D eigenvalue weighted by Crippen LogP contribution is -2.21. The highest BCUT2D eigenvalue weighted by atomic mass is 19.4. The number of alkyl halides is 3. The molecule has 208 valence electrons. The van der Waals surface area contributed by atoms with E-state index in [1.165, 1.54) is 10.9 Å². The van der Waals surface area contributed by atoms with Gasteiger partial charge in [0.2, 0.25) is 5.88 Å². The number of fused-ring (bicyclic) bond motifs is 1. The zero-order chi connectivity index (χ0) is 28.2. The molecule has 0 bridgehead atoms. The number of aliphatic hydroxyl groups excluding tert-OH is 1. The smallest absolute Gasteiger partial charge is 0.434 e. The third kappa shape index (κ3) is 4.76. The van der Waals surface area contributed by atoms with Gasteiger partial charge in [0.05, 0.1) is 24.6 Å². The van der Waals surface area contributed by atoms with Gasteiger partial charge >= 0.3 is 6.18 Å². The van der Waals surface area contributed by atoms with E-state index in [0.29, 0.717) is 59.6 Å². The van der Waals surface area contributed by atoms with Crippen LogP contribution in [0.4, 0.5) is 19.0 Å². The van der Waals surface area contributed by atoms with Crippen LogP contribution in [0.5, 0.6) is 5.88 Å². The average molecular weight is 552 g/mol. The van der Waals surface area contributed by atoms with Crippen LogP contribution >= 0.6 is 0 Å². The Morgan fingerprint density at radius 2 is 1.80 bits per heavy atom. The van der Waals surface area contributed by atoms with Gasteiger partial charge in [0.15, 0.2) is 11.5 Å². The summed E-state index contributed by atoms with van der Waals surface area (Å²) >= 11 is 0. The fourth-order valence-corrected chi connectivity index (χ4v) is 5.24. The Bertz CT molecular complexity index is 1570. The van der Waals surface area contributed by atoms with E-state index < -0.39 is 18.0 Å². The summed E-state index contributed by atoms with van der Waals surface area (Å²) in [5.74, 6) is 2.07. The van der Waals surface area contributed by atoms with Crippen LogP contribution in [0.2, 0.25) is 0 Å². The van der Waals surface area contributed by atoms with E-state index in [1.807, 2.05) is 24.1 Å². The summed E-state index contributed by atoms with van der Waals surface area (Å²) in [4.78, 5) is 24.3. The first kappa shape index (κ1) is 26.2. The second-order valence-electron chi connectivity index (χ2n) is 10.3. The summed E-state index contributed by atoms with van der Waals surface area (Å²) in [7, 11) is 5.01. The molecule has 1 unspecified atom stereocenters. The number of aryl methyl sites for hydroxylation is 1. The number of nitrogens with zero attached hydrogens (tertiary/aromatic N) is 7. The largest absolute Gasteiger partial charge is 0.480 e. The third-order valence-corrected chi connectivity index (χ3v) is 7.38. The maximum Gasteiger partial charge on any atom is 0.434 e. The SMILES string of the molecule is COc1ncnc(C2CC2)c1-c1nc2c(c(N(C)Cc3ccc(-c4nc(C(F)(F)F)cn4C)cc3)n1)CCC2O. The maximum atomic E-state index is 13.1. The van der Waals surface area contributed by atoms with E-state index >= 15 is 0 Å². The molecule has 1 fully saturated rings. The average Bonchev–Trinajstić information content (AvgIpc) is 3.61. The number of anilines is 1. The van der Waals surface area contributed by atoms with Crippen molar-refractivity contribution in [3.8, 4) is 28.7 Å². The Kier molecular flexibility index (Phi) is 6.44. The molecule has 1 aromatic carbocycles. The zero-order valence-electron chi connectivity index (χ0n) is 22.3. The number of aliphatic hydroxyl groups is 1. The van der Waals surface area contributed by atoms with Crippen LogP contribution in [0.25, 0.3) is 22.8 Å².